The summed E-state index contributed by atoms with van der Waals surface area (Å²) in [5, 5.41) is 3.78. The summed E-state index contributed by atoms with van der Waals surface area (Å²) in [5.74, 6) is 0.577. The number of aryl methyl sites for hydroxylation is 1. The van der Waals surface area contributed by atoms with Crippen LogP contribution in [0.1, 0.15) is 22.1 Å². The van der Waals surface area contributed by atoms with Crippen LogP contribution in [0.4, 0.5) is 11.4 Å². The maximum Gasteiger partial charge on any atom is 0.342 e. The number of benzene rings is 2. The van der Waals surface area contributed by atoms with Gasteiger partial charge in [-0.1, -0.05) is 41.9 Å². The van der Waals surface area contributed by atoms with Gasteiger partial charge in [0.05, 0.1) is 22.2 Å². The Bertz CT molecular complexity index is 983. The van der Waals surface area contributed by atoms with Crippen molar-refractivity contribution in [3.63, 3.8) is 0 Å². The highest BCUT2D eigenvalue weighted by Gasteiger charge is 2.29. The summed E-state index contributed by atoms with van der Waals surface area (Å²) in [6.45, 7) is 1.78. The Balaban J connectivity index is 2.00. The van der Waals surface area contributed by atoms with Crippen molar-refractivity contribution in [3.05, 3.63) is 86.9 Å². The maximum atomic E-state index is 12.6. The fraction of sp³-hybridized carbons (Fsp3) is 0.105. The van der Waals surface area contributed by atoms with Crippen molar-refractivity contribution in [1.29, 1.82) is 0 Å². The summed E-state index contributed by atoms with van der Waals surface area (Å²) >= 11 is 8.02. The highest BCUT2D eigenvalue weighted by atomic mass is 35.5. The number of rotatable bonds is 1. The minimum atomic E-state index is -0.331. The van der Waals surface area contributed by atoms with Crippen molar-refractivity contribution >= 4 is 34.7 Å². The Kier molecular flexibility index (Phi) is 3.87. The molecule has 0 bridgehead atoms. The third-order valence-electron chi connectivity index (χ3n) is 3.96. The molecule has 0 radical (unpaired) electrons. The van der Waals surface area contributed by atoms with Crippen LogP contribution in [0.5, 0.6) is 0 Å². The van der Waals surface area contributed by atoms with E-state index < -0.39 is 0 Å². The number of para-hydroxylation sites is 1. The molecule has 1 aromatic heterocycles. The van der Waals surface area contributed by atoms with E-state index in [0.717, 1.165) is 21.8 Å². The smallest absolute Gasteiger partial charge is 0.342 e. The van der Waals surface area contributed by atoms with Gasteiger partial charge in [-0.05, 0) is 30.7 Å². The number of hydrogen-bond donors (Lipinski definition) is 1. The fourth-order valence-electron chi connectivity index (χ4n) is 2.88. The predicted octanol–water partition coefficient (Wildman–Crippen LogP) is 5.54. The standard InChI is InChI=1S/C19H14ClNO2S/c1-11-10-15-17(19(22)23-11)18(12-6-2-3-7-13(12)20)24-16-9-5-4-8-14(16)21-15/h2-10,18,21H,1H3. The van der Waals surface area contributed by atoms with Crippen molar-refractivity contribution in [2.75, 3.05) is 5.32 Å². The second-order valence-electron chi connectivity index (χ2n) is 5.61. The van der Waals surface area contributed by atoms with E-state index in [2.05, 4.69) is 5.32 Å². The molecule has 0 aliphatic carbocycles. The molecule has 3 aromatic rings. The van der Waals surface area contributed by atoms with Crippen LogP contribution >= 0.6 is 23.4 Å². The first-order valence-corrected chi connectivity index (χ1v) is 8.81. The monoisotopic (exact) mass is 355 g/mol. The van der Waals surface area contributed by atoms with Gasteiger partial charge in [-0.2, -0.15) is 0 Å². The normalized spacial score (nSPS) is 15.8. The Morgan fingerprint density at radius 3 is 2.67 bits per heavy atom. The zero-order valence-corrected chi connectivity index (χ0v) is 14.4. The lowest BCUT2D eigenvalue weighted by molar-refractivity contribution is 0.474. The lowest BCUT2D eigenvalue weighted by Gasteiger charge is -2.17. The van der Waals surface area contributed by atoms with Gasteiger partial charge in [-0.3, -0.25) is 0 Å². The largest absolute Gasteiger partial charge is 0.428 e. The summed E-state index contributed by atoms with van der Waals surface area (Å²) in [4.78, 5) is 13.7. The fourth-order valence-corrected chi connectivity index (χ4v) is 4.52. The van der Waals surface area contributed by atoms with E-state index in [9.17, 15) is 4.79 Å². The maximum absolute atomic E-state index is 12.6. The summed E-state index contributed by atoms with van der Waals surface area (Å²) in [5.41, 5.74) is 2.91. The minimum Gasteiger partial charge on any atom is -0.428 e. The lowest BCUT2D eigenvalue weighted by atomic mass is 10.0. The Labute approximate surface area is 148 Å². The van der Waals surface area contributed by atoms with Gasteiger partial charge in [0, 0.05) is 16.0 Å². The van der Waals surface area contributed by atoms with Crippen LogP contribution in [0.3, 0.4) is 0 Å². The van der Waals surface area contributed by atoms with Gasteiger partial charge in [-0.15, -0.1) is 11.8 Å². The number of nitrogens with one attached hydrogen (secondary N) is 1. The van der Waals surface area contributed by atoms with Crippen molar-refractivity contribution in [2.45, 2.75) is 17.1 Å². The summed E-state index contributed by atoms with van der Waals surface area (Å²) in [6.07, 6.45) is 0. The molecule has 1 aliphatic rings. The molecule has 1 atom stereocenters. The minimum absolute atomic E-state index is 0.235. The molecule has 24 heavy (non-hydrogen) atoms. The number of thioether (sulfide) groups is 1. The van der Waals surface area contributed by atoms with E-state index in [1.807, 2.05) is 54.6 Å². The molecule has 1 aliphatic heterocycles. The molecule has 3 nitrogen and oxygen atoms in total. The SMILES string of the molecule is Cc1cc2c(c(=O)o1)C(c1ccccc1Cl)Sc1ccccc1N2. The Hall–Kier alpha value is -2.17. The van der Waals surface area contributed by atoms with Crippen LogP contribution in [0.15, 0.2) is 68.7 Å². The highest BCUT2D eigenvalue weighted by molar-refractivity contribution is 8.00. The molecule has 1 N–H and O–H groups in total. The Morgan fingerprint density at radius 1 is 1.08 bits per heavy atom. The van der Waals surface area contributed by atoms with E-state index >= 15 is 0 Å². The van der Waals surface area contributed by atoms with Gasteiger partial charge in [0.1, 0.15) is 5.76 Å². The van der Waals surface area contributed by atoms with Gasteiger partial charge in [0.25, 0.3) is 0 Å². The second-order valence-corrected chi connectivity index (χ2v) is 7.17. The van der Waals surface area contributed by atoms with Gasteiger partial charge < -0.3 is 9.73 Å². The van der Waals surface area contributed by atoms with Crippen LogP contribution in [0.25, 0.3) is 0 Å². The van der Waals surface area contributed by atoms with E-state index in [4.69, 9.17) is 16.0 Å². The molecule has 4 rings (SSSR count). The Morgan fingerprint density at radius 2 is 1.83 bits per heavy atom. The molecule has 5 heteroatoms. The van der Waals surface area contributed by atoms with Crippen LogP contribution in [0.2, 0.25) is 5.02 Å². The van der Waals surface area contributed by atoms with E-state index in [1.54, 1.807) is 18.7 Å². The zero-order chi connectivity index (χ0) is 16.7. The van der Waals surface area contributed by atoms with Gasteiger partial charge in [0.2, 0.25) is 0 Å². The summed E-state index contributed by atoms with van der Waals surface area (Å²) in [6, 6.07) is 17.5. The van der Waals surface area contributed by atoms with Gasteiger partial charge in [-0.25, -0.2) is 4.79 Å². The predicted molar refractivity (Wildman–Crippen MR) is 98.6 cm³/mol. The number of hydrogen-bond acceptors (Lipinski definition) is 4. The molecule has 0 saturated carbocycles. The van der Waals surface area contributed by atoms with Crippen LogP contribution < -0.4 is 10.9 Å². The molecule has 120 valence electrons. The first kappa shape index (κ1) is 15.4. The third kappa shape index (κ3) is 2.62. The number of fused-ring (bicyclic) bond motifs is 2. The van der Waals surface area contributed by atoms with E-state index in [0.29, 0.717) is 16.3 Å². The van der Waals surface area contributed by atoms with Crippen molar-refractivity contribution in [3.8, 4) is 0 Å². The molecule has 2 aromatic carbocycles. The van der Waals surface area contributed by atoms with E-state index in [1.165, 1.54) is 0 Å². The molecule has 0 amide bonds. The quantitative estimate of drug-likeness (QED) is 0.622. The summed E-state index contributed by atoms with van der Waals surface area (Å²) < 4.78 is 5.37. The number of halogens is 1. The van der Waals surface area contributed by atoms with Crippen LogP contribution in [-0.2, 0) is 0 Å². The topological polar surface area (TPSA) is 42.2 Å². The second kappa shape index (κ2) is 6.04. The molecular formula is C19H14ClNO2S. The molecule has 0 saturated heterocycles. The van der Waals surface area contributed by atoms with Crippen LogP contribution in [-0.4, -0.2) is 0 Å². The average Bonchev–Trinajstić information content (AvgIpc) is 2.71. The highest BCUT2D eigenvalue weighted by Crippen LogP contribution is 2.49. The molecule has 0 fully saturated rings. The van der Waals surface area contributed by atoms with Crippen molar-refractivity contribution in [1.82, 2.24) is 0 Å². The zero-order valence-electron chi connectivity index (χ0n) is 12.9. The third-order valence-corrected chi connectivity index (χ3v) is 5.64. The molecule has 1 unspecified atom stereocenters. The van der Waals surface area contributed by atoms with Gasteiger partial charge >= 0.3 is 5.63 Å². The molecule has 0 spiro atoms. The first-order chi connectivity index (χ1) is 11.6. The van der Waals surface area contributed by atoms with Gasteiger partial charge in [0.15, 0.2) is 0 Å². The van der Waals surface area contributed by atoms with Crippen molar-refractivity contribution < 1.29 is 4.42 Å². The molecular weight excluding hydrogens is 342 g/mol. The number of anilines is 2. The van der Waals surface area contributed by atoms with Crippen LogP contribution in [0, 0.1) is 6.92 Å². The van der Waals surface area contributed by atoms with E-state index in [-0.39, 0.29) is 10.9 Å². The van der Waals surface area contributed by atoms with Crippen molar-refractivity contribution in [2.24, 2.45) is 0 Å². The lowest BCUT2D eigenvalue weighted by Crippen LogP contribution is -2.14. The first-order valence-electron chi connectivity index (χ1n) is 7.55. The molecule has 2 heterocycles. The summed E-state index contributed by atoms with van der Waals surface area (Å²) in [7, 11) is 0. The average molecular weight is 356 g/mol.